The summed E-state index contributed by atoms with van der Waals surface area (Å²) in [6, 6.07) is 14.3. The van der Waals surface area contributed by atoms with Gasteiger partial charge in [-0.25, -0.2) is 0 Å². The molecule has 2 aromatic rings. The molecular weight excluding hydrogens is 160 g/mol. The van der Waals surface area contributed by atoms with Crippen LogP contribution in [0.1, 0.15) is 0 Å². The number of rotatable bonds is 2. The summed E-state index contributed by atoms with van der Waals surface area (Å²) in [7, 11) is 0. The van der Waals surface area contributed by atoms with E-state index >= 15 is 0 Å². The molecule has 0 fully saturated rings. The highest BCUT2D eigenvalue weighted by atomic mass is 16.5. The van der Waals surface area contributed by atoms with Crippen LogP contribution in [0.15, 0.2) is 42.5 Å². The topological polar surface area (TPSA) is 9.23 Å². The highest BCUT2D eigenvalue weighted by molar-refractivity contribution is 5.83. The molecule has 0 aliphatic rings. The number of ether oxygens (including phenoxy) is 1. The molecule has 0 N–H and O–H groups in total. The van der Waals surface area contributed by atoms with Gasteiger partial charge in [0.05, 0.1) is 6.61 Å². The van der Waals surface area contributed by atoms with E-state index in [1.54, 1.807) is 0 Å². The summed E-state index contributed by atoms with van der Waals surface area (Å²) in [5, 5.41) is 2.44. The number of benzene rings is 2. The molecule has 0 heterocycles. The predicted molar refractivity (Wildman–Crippen MR) is 54.8 cm³/mol. The van der Waals surface area contributed by atoms with E-state index in [-0.39, 0.29) is 0 Å². The number of hydrogen-bond donors (Lipinski definition) is 0. The molecule has 0 aromatic heterocycles. The van der Waals surface area contributed by atoms with Crippen LogP contribution in [0.3, 0.4) is 0 Å². The maximum atomic E-state index is 5.30. The smallest absolute Gasteiger partial charge is 0.119 e. The molecular formula is C12H11O. The highest BCUT2D eigenvalue weighted by Crippen LogP contribution is 2.20. The largest absolute Gasteiger partial charge is 0.494 e. The van der Waals surface area contributed by atoms with Crippen molar-refractivity contribution in [2.45, 2.75) is 0 Å². The first-order valence-electron chi connectivity index (χ1n) is 4.31. The lowest BCUT2D eigenvalue weighted by Crippen LogP contribution is -1.90. The standard InChI is InChI=1S/C12H11O/c1-2-13-12-8-7-10-5-3-4-6-11(10)9-12/h3-9H,1-2H2. The average Bonchev–Trinajstić information content (AvgIpc) is 2.18. The van der Waals surface area contributed by atoms with Crippen LogP contribution in [-0.4, -0.2) is 6.61 Å². The lowest BCUT2D eigenvalue weighted by Gasteiger charge is -2.03. The fourth-order valence-electron chi connectivity index (χ4n) is 1.38. The van der Waals surface area contributed by atoms with Crippen molar-refractivity contribution in [3.63, 3.8) is 0 Å². The minimum absolute atomic E-state index is 0.471. The molecule has 2 rings (SSSR count). The summed E-state index contributed by atoms with van der Waals surface area (Å²) in [6.45, 7) is 4.11. The second-order valence-electron chi connectivity index (χ2n) is 2.86. The average molecular weight is 171 g/mol. The summed E-state index contributed by atoms with van der Waals surface area (Å²) in [5.74, 6) is 0.883. The van der Waals surface area contributed by atoms with Gasteiger partial charge in [0.15, 0.2) is 0 Å². The third-order valence-electron chi connectivity index (χ3n) is 1.99. The third-order valence-corrected chi connectivity index (χ3v) is 1.99. The Morgan fingerprint density at radius 2 is 1.77 bits per heavy atom. The molecule has 0 aliphatic carbocycles. The van der Waals surface area contributed by atoms with Crippen LogP contribution >= 0.6 is 0 Å². The second-order valence-corrected chi connectivity index (χ2v) is 2.86. The van der Waals surface area contributed by atoms with Crippen molar-refractivity contribution < 1.29 is 4.74 Å². The van der Waals surface area contributed by atoms with Gasteiger partial charge in [0.1, 0.15) is 5.75 Å². The van der Waals surface area contributed by atoms with Gasteiger partial charge in [-0.1, -0.05) is 30.3 Å². The van der Waals surface area contributed by atoms with Crippen molar-refractivity contribution in [2.75, 3.05) is 6.61 Å². The highest BCUT2D eigenvalue weighted by Gasteiger charge is 1.94. The zero-order valence-electron chi connectivity index (χ0n) is 7.36. The molecule has 0 amide bonds. The van der Waals surface area contributed by atoms with Crippen molar-refractivity contribution in [1.29, 1.82) is 0 Å². The second kappa shape index (κ2) is 3.48. The van der Waals surface area contributed by atoms with E-state index in [0.717, 1.165) is 5.75 Å². The molecule has 0 unspecified atom stereocenters. The maximum absolute atomic E-state index is 5.30. The lowest BCUT2D eigenvalue weighted by molar-refractivity contribution is 0.361. The molecule has 0 atom stereocenters. The van der Waals surface area contributed by atoms with Gasteiger partial charge in [-0.05, 0) is 29.8 Å². The van der Waals surface area contributed by atoms with E-state index in [9.17, 15) is 0 Å². The van der Waals surface area contributed by atoms with Gasteiger partial charge in [0.25, 0.3) is 0 Å². The zero-order valence-corrected chi connectivity index (χ0v) is 7.36. The molecule has 1 radical (unpaired) electrons. The Hall–Kier alpha value is -1.50. The van der Waals surface area contributed by atoms with Crippen molar-refractivity contribution >= 4 is 10.8 Å². The summed E-state index contributed by atoms with van der Waals surface area (Å²) in [5.41, 5.74) is 0. The molecule has 1 heteroatoms. The Balaban J connectivity index is 2.49. The number of hydrogen-bond acceptors (Lipinski definition) is 1. The van der Waals surface area contributed by atoms with Crippen LogP contribution in [0.5, 0.6) is 5.75 Å². The van der Waals surface area contributed by atoms with Crippen molar-refractivity contribution in [3.8, 4) is 5.75 Å². The van der Waals surface area contributed by atoms with E-state index in [4.69, 9.17) is 4.74 Å². The summed E-state index contributed by atoms with van der Waals surface area (Å²) < 4.78 is 5.30. The monoisotopic (exact) mass is 171 g/mol. The minimum Gasteiger partial charge on any atom is -0.494 e. The first-order valence-corrected chi connectivity index (χ1v) is 4.31. The molecule has 0 bridgehead atoms. The van der Waals surface area contributed by atoms with Gasteiger partial charge in [0, 0.05) is 0 Å². The van der Waals surface area contributed by atoms with Crippen molar-refractivity contribution in [3.05, 3.63) is 49.4 Å². The van der Waals surface area contributed by atoms with Crippen LogP contribution < -0.4 is 4.74 Å². The van der Waals surface area contributed by atoms with Gasteiger partial charge in [-0.2, -0.15) is 0 Å². The summed E-state index contributed by atoms with van der Waals surface area (Å²) >= 11 is 0. The van der Waals surface area contributed by atoms with Crippen molar-refractivity contribution in [2.24, 2.45) is 0 Å². The van der Waals surface area contributed by atoms with E-state index < -0.39 is 0 Å². The molecule has 0 saturated carbocycles. The van der Waals surface area contributed by atoms with Crippen LogP contribution in [0.2, 0.25) is 0 Å². The van der Waals surface area contributed by atoms with Gasteiger partial charge >= 0.3 is 0 Å². The quantitative estimate of drug-likeness (QED) is 0.674. The third kappa shape index (κ3) is 1.64. The zero-order chi connectivity index (χ0) is 9.10. The van der Waals surface area contributed by atoms with E-state index in [0.29, 0.717) is 6.61 Å². The van der Waals surface area contributed by atoms with Gasteiger partial charge < -0.3 is 4.74 Å². The summed E-state index contributed by atoms with van der Waals surface area (Å²) in [4.78, 5) is 0. The fraction of sp³-hybridized carbons (Fsp3) is 0.0833. The first kappa shape index (κ1) is 8.11. The van der Waals surface area contributed by atoms with Gasteiger partial charge in [-0.15, -0.1) is 0 Å². The fourth-order valence-corrected chi connectivity index (χ4v) is 1.38. The van der Waals surface area contributed by atoms with Gasteiger partial charge in [-0.3, -0.25) is 0 Å². The van der Waals surface area contributed by atoms with E-state index in [1.807, 2.05) is 24.3 Å². The molecule has 2 aromatic carbocycles. The van der Waals surface area contributed by atoms with Crippen molar-refractivity contribution in [1.82, 2.24) is 0 Å². The minimum atomic E-state index is 0.471. The Bertz CT molecular complexity index is 407. The van der Waals surface area contributed by atoms with E-state index in [2.05, 4.69) is 25.1 Å². The van der Waals surface area contributed by atoms with Gasteiger partial charge in [0.2, 0.25) is 0 Å². The Kier molecular flexibility index (Phi) is 2.17. The first-order chi connectivity index (χ1) is 6.40. The molecule has 0 saturated heterocycles. The van der Waals surface area contributed by atoms with Crippen LogP contribution in [-0.2, 0) is 0 Å². The molecule has 0 aliphatic heterocycles. The maximum Gasteiger partial charge on any atom is 0.119 e. The number of fused-ring (bicyclic) bond motifs is 1. The predicted octanol–water partition coefficient (Wildman–Crippen LogP) is 3.05. The SMILES string of the molecule is [CH2]COc1ccc2ccccc2c1. The lowest BCUT2D eigenvalue weighted by atomic mass is 10.1. The van der Waals surface area contributed by atoms with E-state index in [1.165, 1.54) is 10.8 Å². The normalized spacial score (nSPS) is 10.2. The summed E-state index contributed by atoms with van der Waals surface area (Å²) in [6.07, 6.45) is 0. The van der Waals surface area contributed by atoms with Crippen LogP contribution in [0, 0.1) is 6.92 Å². The van der Waals surface area contributed by atoms with Crippen LogP contribution in [0.25, 0.3) is 10.8 Å². The Morgan fingerprint density at radius 3 is 2.54 bits per heavy atom. The molecule has 0 spiro atoms. The molecule has 13 heavy (non-hydrogen) atoms. The Labute approximate surface area is 78.0 Å². The molecule has 65 valence electrons. The molecule has 1 nitrogen and oxygen atoms in total. The Morgan fingerprint density at radius 1 is 1.00 bits per heavy atom. The van der Waals surface area contributed by atoms with Crippen LogP contribution in [0.4, 0.5) is 0 Å².